The molecule has 3 nitrogen and oxygen atoms in total. The second-order valence-electron chi connectivity index (χ2n) is 4.68. The van der Waals surface area contributed by atoms with Crippen LogP contribution in [0.5, 0.6) is 0 Å². The van der Waals surface area contributed by atoms with Gasteiger partial charge >= 0.3 is 0 Å². The van der Waals surface area contributed by atoms with E-state index in [1.165, 1.54) is 0 Å². The Labute approximate surface area is 125 Å². The van der Waals surface area contributed by atoms with Crippen LogP contribution < -0.4 is 0 Å². The molecule has 0 aliphatic heterocycles. The minimum atomic E-state index is -0.853. The molecule has 1 atom stereocenters. The Bertz CT molecular complexity index is 671. The normalized spacial score (nSPS) is 12.2. The number of halogens is 2. The minimum absolute atomic E-state index is 0.124. The van der Waals surface area contributed by atoms with Crippen LogP contribution in [-0.4, -0.2) is 21.0 Å². The minimum Gasteiger partial charge on any atom is -0.293 e. The third kappa shape index (κ3) is 3.85. The molecule has 0 bridgehead atoms. The van der Waals surface area contributed by atoms with E-state index in [1.54, 1.807) is 6.92 Å². The molecule has 1 aromatic carbocycles. The zero-order chi connectivity index (χ0) is 15.6. The second-order valence-corrected chi connectivity index (χ2v) is 5.99. The van der Waals surface area contributed by atoms with Gasteiger partial charge in [0.2, 0.25) is 0 Å². The first kappa shape index (κ1) is 15.6. The first-order valence-electron chi connectivity index (χ1n) is 6.35. The predicted octanol–water partition coefficient (Wildman–Crippen LogP) is 3.74. The van der Waals surface area contributed by atoms with Crippen LogP contribution in [0.1, 0.15) is 28.7 Å². The van der Waals surface area contributed by atoms with Gasteiger partial charge in [0.25, 0.3) is 0 Å². The summed E-state index contributed by atoms with van der Waals surface area (Å²) in [5.41, 5.74) is 1.48. The number of aromatic nitrogens is 2. The van der Waals surface area contributed by atoms with Gasteiger partial charge in [0.1, 0.15) is 11.6 Å². The van der Waals surface area contributed by atoms with Crippen molar-refractivity contribution in [3.8, 4) is 0 Å². The maximum Gasteiger partial charge on any atom is 0.188 e. The lowest BCUT2D eigenvalue weighted by Gasteiger charge is -2.10. The standard InChI is InChI=1S/C15H14F2N2OS/c1-8-6-9(2)19-15(18-8)21-10(3)14(20)12-5-4-11(16)7-13(12)17/h4-7,10H,1-3H3. The highest BCUT2D eigenvalue weighted by Gasteiger charge is 2.21. The Hall–Kier alpha value is -1.82. The molecule has 21 heavy (non-hydrogen) atoms. The summed E-state index contributed by atoms with van der Waals surface area (Å²) in [4.78, 5) is 20.7. The zero-order valence-corrected chi connectivity index (χ0v) is 12.7. The fourth-order valence-corrected chi connectivity index (χ4v) is 2.81. The van der Waals surface area contributed by atoms with E-state index in [9.17, 15) is 13.6 Å². The topological polar surface area (TPSA) is 42.9 Å². The predicted molar refractivity (Wildman–Crippen MR) is 77.5 cm³/mol. The highest BCUT2D eigenvalue weighted by molar-refractivity contribution is 8.00. The van der Waals surface area contributed by atoms with Gasteiger partial charge in [0.15, 0.2) is 10.9 Å². The number of carbonyl (C=O) groups is 1. The van der Waals surface area contributed by atoms with E-state index in [0.717, 1.165) is 35.3 Å². The van der Waals surface area contributed by atoms with Gasteiger partial charge in [-0.25, -0.2) is 18.7 Å². The molecule has 0 aliphatic carbocycles. The summed E-state index contributed by atoms with van der Waals surface area (Å²) < 4.78 is 26.5. The van der Waals surface area contributed by atoms with Gasteiger partial charge in [-0.2, -0.15) is 0 Å². The number of nitrogens with zero attached hydrogens (tertiary/aromatic N) is 2. The maximum atomic E-state index is 13.6. The quantitative estimate of drug-likeness (QED) is 0.490. The molecule has 0 amide bonds. The average Bonchev–Trinajstić information content (AvgIpc) is 2.36. The van der Waals surface area contributed by atoms with Crippen LogP contribution in [-0.2, 0) is 0 Å². The highest BCUT2D eigenvalue weighted by Crippen LogP contribution is 2.24. The number of thioether (sulfide) groups is 1. The molecule has 0 fully saturated rings. The van der Waals surface area contributed by atoms with E-state index in [2.05, 4.69) is 9.97 Å². The molecular formula is C15H14F2N2OS. The van der Waals surface area contributed by atoms with Gasteiger partial charge in [0.05, 0.1) is 10.8 Å². The van der Waals surface area contributed by atoms with Crippen LogP contribution in [0.4, 0.5) is 8.78 Å². The van der Waals surface area contributed by atoms with E-state index in [-0.39, 0.29) is 5.56 Å². The van der Waals surface area contributed by atoms with Crippen molar-refractivity contribution in [2.75, 3.05) is 0 Å². The molecule has 6 heteroatoms. The van der Waals surface area contributed by atoms with Crippen LogP contribution in [0.25, 0.3) is 0 Å². The molecule has 0 saturated carbocycles. The van der Waals surface area contributed by atoms with Gasteiger partial charge < -0.3 is 0 Å². The van der Waals surface area contributed by atoms with Crippen molar-refractivity contribution in [1.29, 1.82) is 0 Å². The van der Waals surface area contributed by atoms with Crippen LogP contribution in [0, 0.1) is 25.5 Å². The van der Waals surface area contributed by atoms with Crippen LogP contribution in [0.3, 0.4) is 0 Å². The van der Waals surface area contributed by atoms with Crippen molar-refractivity contribution in [3.63, 3.8) is 0 Å². The lowest BCUT2D eigenvalue weighted by atomic mass is 10.1. The van der Waals surface area contributed by atoms with E-state index in [0.29, 0.717) is 11.2 Å². The van der Waals surface area contributed by atoms with E-state index in [4.69, 9.17) is 0 Å². The summed E-state index contributed by atoms with van der Waals surface area (Å²) >= 11 is 1.16. The molecule has 110 valence electrons. The number of carbonyl (C=O) groups excluding carboxylic acids is 1. The molecular weight excluding hydrogens is 294 g/mol. The van der Waals surface area contributed by atoms with Gasteiger partial charge in [-0.1, -0.05) is 11.8 Å². The summed E-state index contributed by atoms with van der Waals surface area (Å²) in [7, 11) is 0. The maximum absolute atomic E-state index is 13.6. The molecule has 1 heterocycles. The third-order valence-corrected chi connectivity index (χ3v) is 3.77. The third-order valence-electron chi connectivity index (χ3n) is 2.81. The van der Waals surface area contributed by atoms with Crippen molar-refractivity contribution < 1.29 is 13.6 Å². The Kier molecular flexibility index (Phi) is 4.67. The fraction of sp³-hybridized carbons (Fsp3) is 0.267. The van der Waals surface area contributed by atoms with Crippen LogP contribution in [0.2, 0.25) is 0 Å². The molecule has 0 radical (unpaired) electrons. The SMILES string of the molecule is Cc1cc(C)nc(SC(C)C(=O)c2ccc(F)cc2F)n1. The molecule has 2 aromatic rings. The lowest BCUT2D eigenvalue weighted by molar-refractivity contribution is 0.0990. The number of Topliss-reactive ketones (excluding diaryl/α,β-unsaturated/α-hetero) is 1. The van der Waals surface area contributed by atoms with E-state index in [1.807, 2.05) is 19.9 Å². The smallest absolute Gasteiger partial charge is 0.188 e. The van der Waals surface area contributed by atoms with Crippen LogP contribution >= 0.6 is 11.8 Å². The van der Waals surface area contributed by atoms with E-state index >= 15 is 0 Å². The number of hydrogen-bond acceptors (Lipinski definition) is 4. The number of aryl methyl sites for hydroxylation is 2. The fourth-order valence-electron chi connectivity index (χ4n) is 1.87. The lowest BCUT2D eigenvalue weighted by Crippen LogP contribution is -2.16. The summed E-state index contributed by atoms with van der Waals surface area (Å²) in [5.74, 6) is -1.98. The van der Waals surface area contributed by atoms with Crippen molar-refractivity contribution in [1.82, 2.24) is 9.97 Å². The first-order chi connectivity index (χ1) is 9.86. The molecule has 0 spiro atoms. The molecule has 0 aliphatic rings. The second kappa shape index (κ2) is 6.30. The van der Waals surface area contributed by atoms with Crippen molar-refractivity contribution in [2.24, 2.45) is 0 Å². The van der Waals surface area contributed by atoms with Crippen molar-refractivity contribution >= 4 is 17.5 Å². The number of ketones is 1. The molecule has 2 rings (SSSR count). The summed E-state index contributed by atoms with van der Waals surface area (Å²) in [6.45, 7) is 5.33. The summed E-state index contributed by atoms with van der Waals surface area (Å²) in [5, 5.41) is -0.0953. The summed E-state index contributed by atoms with van der Waals surface area (Å²) in [6.07, 6.45) is 0. The Morgan fingerprint density at radius 2 is 1.76 bits per heavy atom. The number of benzene rings is 1. The monoisotopic (exact) mass is 308 g/mol. The van der Waals surface area contributed by atoms with E-state index < -0.39 is 22.7 Å². The van der Waals surface area contributed by atoms with Gasteiger partial charge in [0, 0.05) is 17.5 Å². The Morgan fingerprint density at radius 3 is 2.33 bits per heavy atom. The van der Waals surface area contributed by atoms with Crippen molar-refractivity contribution in [2.45, 2.75) is 31.2 Å². The van der Waals surface area contributed by atoms with Gasteiger partial charge in [-0.3, -0.25) is 4.79 Å². The Balaban J connectivity index is 2.19. The average molecular weight is 308 g/mol. The summed E-state index contributed by atoms with van der Waals surface area (Å²) in [6, 6.07) is 4.77. The number of rotatable bonds is 4. The molecule has 0 N–H and O–H groups in total. The first-order valence-corrected chi connectivity index (χ1v) is 7.23. The van der Waals surface area contributed by atoms with Crippen molar-refractivity contribution in [3.05, 3.63) is 52.9 Å². The zero-order valence-electron chi connectivity index (χ0n) is 11.9. The van der Waals surface area contributed by atoms with Gasteiger partial charge in [-0.15, -0.1) is 0 Å². The largest absolute Gasteiger partial charge is 0.293 e. The van der Waals surface area contributed by atoms with Gasteiger partial charge in [-0.05, 0) is 39.0 Å². The molecule has 1 unspecified atom stereocenters. The molecule has 1 aromatic heterocycles. The highest BCUT2D eigenvalue weighted by atomic mass is 32.2. The molecule has 0 saturated heterocycles. The Morgan fingerprint density at radius 1 is 1.14 bits per heavy atom. The van der Waals surface area contributed by atoms with Crippen LogP contribution in [0.15, 0.2) is 29.4 Å². The number of hydrogen-bond donors (Lipinski definition) is 0.